The molecule has 0 saturated carbocycles. The molecule has 0 fully saturated rings. The molecule has 2 atom stereocenters. The number of halogens is 1. The van der Waals surface area contributed by atoms with Crippen LogP contribution in [0, 0.1) is 0 Å². The highest BCUT2D eigenvalue weighted by Gasteiger charge is 2.20. The molecule has 0 amide bonds. The first kappa shape index (κ1) is 10.8. The highest BCUT2D eigenvalue weighted by atomic mass is 35.5. The number of benzene rings is 1. The molecular weight excluding hydrogens is 208 g/mol. The summed E-state index contributed by atoms with van der Waals surface area (Å²) in [4.78, 5) is 0. The maximum absolute atomic E-state index is 6.03. The van der Waals surface area contributed by atoms with Gasteiger partial charge in [0.05, 0.1) is 6.61 Å². The summed E-state index contributed by atoms with van der Waals surface area (Å²) < 4.78 is 5.69. The molecule has 0 radical (unpaired) electrons. The average molecular weight is 225 g/mol. The molecule has 0 aliphatic carbocycles. The predicted octanol–water partition coefficient (Wildman–Crippen LogP) is 3.74. The van der Waals surface area contributed by atoms with Gasteiger partial charge in [0.1, 0.15) is 5.75 Å². The SMILES string of the molecule is CC(Cl)CC(C)c1cccc2c1OCC2. The molecule has 1 aliphatic rings. The maximum Gasteiger partial charge on any atom is 0.126 e. The summed E-state index contributed by atoms with van der Waals surface area (Å²) in [5.74, 6) is 1.59. The third-order valence-corrected chi connectivity index (χ3v) is 3.13. The number of fused-ring (bicyclic) bond motifs is 1. The van der Waals surface area contributed by atoms with Gasteiger partial charge in [0, 0.05) is 11.8 Å². The normalized spacial score (nSPS) is 18.1. The van der Waals surface area contributed by atoms with Crippen molar-refractivity contribution in [2.75, 3.05) is 6.61 Å². The molecule has 0 saturated heterocycles. The van der Waals surface area contributed by atoms with Gasteiger partial charge in [-0.15, -0.1) is 11.6 Å². The Morgan fingerprint density at radius 3 is 2.93 bits per heavy atom. The van der Waals surface area contributed by atoms with Crippen molar-refractivity contribution in [2.45, 2.75) is 38.0 Å². The van der Waals surface area contributed by atoms with Crippen LogP contribution in [-0.2, 0) is 6.42 Å². The van der Waals surface area contributed by atoms with Crippen LogP contribution >= 0.6 is 11.6 Å². The predicted molar refractivity (Wildman–Crippen MR) is 64.0 cm³/mol. The number of hydrogen-bond acceptors (Lipinski definition) is 1. The Labute approximate surface area is 96.4 Å². The van der Waals surface area contributed by atoms with E-state index in [0.29, 0.717) is 5.92 Å². The Hall–Kier alpha value is -0.690. The van der Waals surface area contributed by atoms with E-state index in [2.05, 4.69) is 25.1 Å². The first-order chi connectivity index (χ1) is 7.18. The van der Waals surface area contributed by atoms with Gasteiger partial charge in [0.15, 0.2) is 0 Å². The van der Waals surface area contributed by atoms with Gasteiger partial charge in [-0.3, -0.25) is 0 Å². The van der Waals surface area contributed by atoms with Gasteiger partial charge in [0.25, 0.3) is 0 Å². The molecule has 1 aliphatic heterocycles. The Bertz CT molecular complexity index is 346. The van der Waals surface area contributed by atoms with Crippen molar-refractivity contribution in [3.63, 3.8) is 0 Å². The average Bonchev–Trinajstić information content (AvgIpc) is 2.63. The number of alkyl halides is 1. The van der Waals surface area contributed by atoms with Gasteiger partial charge in [-0.25, -0.2) is 0 Å². The standard InChI is InChI=1S/C13H17ClO/c1-9(8-10(2)14)12-5-3-4-11-6-7-15-13(11)12/h3-5,9-10H,6-8H2,1-2H3. The quantitative estimate of drug-likeness (QED) is 0.711. The van der Waals surface area contributed by atoms with E-state index in [4.69, 9.17) is 16.3 Å². The van der Waals surface area contributed by atoms with Gasteiger partial charge < -0.3 is 4.74 Å². The fourth-order valence-electron chi connectivity index (χ4n) is 2.24. The Balaban J connectivity index is 2.24. The Kier molecular flexibility index (Phi) is 3.20. The van der Waals surface area contributed by atoms with Crippen molar-refractivity contribution < 1.29 is 4.74 Å². The zero-order chi connectivity index (χ0) is 10.8. The van der Waals surface area contributed by atoms with Gasteiger partial charge in [-0.2, -0.15) is 0 Å². The Morgan fingerprint density at radius 1 is 1.40 bits per heavy atom. The van der Waals surface area contributed by atoms with E-state index in [-0.39, 0.29) is 5.38 Å². The van der Waals surface area contributed by atoms with Crippen molar-refractivity contribution in [1.29, 1.82) is 0 Å². The van der Waals surface area contributed by atoms with Crippen LogP contribution in [0.25, 0.3) is 0 Å². The van der Waals surface area contributed by atoms with Crippen molar-refractivity contribution in [3.8, 4) is 5.75 Å². The molecule has 0 aromatic heterocycles. The minimum absolute atomic E-state index is 0.220. The third kappa shape index (κ3) is 2.28. The first-order valence-electron chi connectivity index (χ1n) is 5.57. The lowest BCUT2D eigenvalue weighted by Gasteiger charge is -2.16. The molecule has 2 rings (SSSR count). The minimum Gasteiger partial charge on any atom is -0.493 e. The smallest absolute Gasteiger partial charge is 0.126 e. The molecule has 2 heteroatoms. The van der Waals surface area contributed by atoms with Gasteiger partial charge >= 0.3 is 0 Å². The topological polar surface area (TPSA) is 9.23 Å². The fourth-order valence-corrected chi connectivity index (χ4v) is 2.51. The lowest BCUT2D eigenvalue weighted by Crippen LogP contribution is -2.02. The second-order valence-electron chi connectivity index (χ2n) is 4.35. The molecule has 1 aromatic rings. The summed E-state index contributed by atoms with van der Waals surface area (Å²) in [7, 11) is 0. The van der Waals surface area contributed by atoms with Crippen LogP contribution in [0.3, 0.4) is 0 Å². The minimum atomic E-state index is 0.220. The van der Waals surface area contributed by atoms with Crippen molar-refractivity contribution in [3.05, 3.63) is 29.3 Å². The van der Waals surface area contributed by atoms with Gasteiger partial charge in [-0.1, -0.05) is 25.1 Å². The molecule has 1 heterocycles. The van der Waals surface area contributed by atoms with Crippen molar-refractivity contribution in [2.24, 2.45) is 0 Å². The molecule has 1 aromatic carbocycles. The highest BCUT2D eigenvalue weighted by Crippen LogP contribution is 2.36. The zero-order valence-electron chi connectivity index (χ0n) is 9.29. The molecule has 82 valence electrons. The fraction of sp³-hybridized carbons (Fsp3) is 0.538. The number of hydrogen-bond donors (Lipinski definition) is 0. The van der Waals surface area contributed by atoms with Crippen LogP contribution in [-0.4, -0.2) is 12.0 Å². The lowest BCUT2D eigenvalue weighted by molar-refractivity contribution is 0.351. The molecule has 15 heavy (non-hydrogen) atoms. The van der Waals surface area contributed by atoms with Crippen LogP contribution in [0.15, 0.2) is 18.2 Å². The van der Waals surface area contributed by atoms with E-state index in [1.165, 1.54) is 11.1 Å². The van der Waals surface area contributed by atoms with Crippen LogP contribution < -0.4 is 4.74 Å². The number of ether oxygens (including phenoxy) is 1. The van der Waals surface area contributed by atoms with E-state index in [0.717, 1.165) is 25.2 Å². The molecule has 0 bridgehead atoms. The largest absolute Gasteiger partial charge is 0.493 e. The monoisotopic (exact) mass is 224 g/mol. The molecule has 1 nitrogen and oxygen atoms in total. The van der Waals surface area contributed by atoms with E-state index in [1.54, 1.807) is 0 Å². The van der Waals surface area contributed by atoms with E-state index >= 15 is 0 Å². The summed E-state index contributed by atoms with van der Waals surface area (Å²) in [5, 5.41) is 0.220. The second-order valence-corrected chi connectivity index (χ2v) is 5.10. The first-order valence-corrected chi connectivity index (χ1v) is 6.00. The zero-order valence-corrected chi connectivity index (χ0v) is 10.1. The van der Waals surface area contributed by atoms with Gasteiger partial charge in [-0.05, 0) is 30.4 Å². The van der Waals surface area contributed by atoms with Crippen LogP contribution in [0.4, 0.5) is 0 Å². The van der Waals surface area contributed by atoms with Gasteiger partial charge in [0.2, 0.25) is 0 Å². The lowest BCUT2D eigenvalue weighted by atomic mass is 9.94. The number of para-hydroxylation sites is 1. The summed E-state index contributed by atoms with van der Waals surface area (Å²) in [6, 6.07) is 6.44. The maximum atomic E-state index is 6.03. The summed E-state index contributed by atoms with van der Waals surface area (Å²) in [5.41, 5.74) is 2.67. The van der Waals surface area contributed by atoms with Crippen molar-refractivity contribution >= 4 is 11.6 Å². The van der Waals surface area contributed by atoms with E-state index in [1.807, 2.05) is 6.92 Å². The van der Waals surface area contributed by atoms with Crippen molar-refractivity contribution in [1.82, 2.24) is 0 Å². The summed E-state index contributed by atoms with van der Waals surface area (Å²) >= 11 is 6.03. The molecule has 2 unspecified atom stereocenters. The number of rotatable bonds is 3. The summed E-state index contributed by atoms with van der Waals surface area (Å²) in [6.45, 7) is 5.09. The Morgan fingerprint density at radius 2 is 2.20 bits per heavy atom. The van der Waals surface area contributed by atoms with Crippen LogP contribution in [0.5, 0.6) is 5.75 Å². The van der Waals surface area contributed by atoms with Crippen LogP contribution in [0.1, 0.15) is 37.3 Å². The second kappa shape index (κ2) is 4.44. The summed E-state index contributed by atoms with van der Waals surface area (Å²) in [6.07, 6.45) is 2.05. The van der Waals surface area contributed by atoms with Crippen LogP contribution in [0.2, 0.25) is 0 Å². The molecular formula is C13H17ClO. The van der Waals surface area contributed by atoms with E-state index in [9.17, 15) is 0 Å². The van der Waals surface area contributed by atoms with E-state index < -0.39 is 0 Å². The highest BCUT2D eigenvalue weighted by molar-refractivity contribution is 6.20. The third-order valence-electron chi connectivity index (χ3n) is 2.95. The molecule has 0 spiro atoms. The molecule has 0 N–H and O–H groups in total.